The second kappa shape index (κ2) is 11.9. The molecule has 4 aromatic rings. The Morgan fingerprint density at radius 2 is 1.74 bits per heavy atom. The van der Waals surface area contributed by atoms with Gasteiger partial charge in [-0.3, -0.25) is 9.59 Å². The maximum Gasteiger partial charge on any atom is 0.228 e. The minimum absolute atomic E-state index is 0.0742. The van der Waals surface area contributed by atoms with Gasteiger partial charge in [-0.1, -0.05) is 62.4 Å². The van der Waals surface area contributed by atoms with Crippen LogP contribution < -0.4 is 16.4 Å². The van der Waals surface area contributed by atoms with Crippen LogP contribution in [0.5, 0.6) is 0 Å². The topological polar surface area (TPSA) is 97.1 Å². The van der Waals surface area contributed by atoms with E-state index in [1.165, 1.54) is 0 Å². The molecule has 6 nitrogen and oxygen atoms in total. The smallest absolute Gasteiger partial charge is 0.228 e. The summed E-state index contributed by atoms with van der Waals surface area (Å²) in [5.74, 6) is 0.138. The van der Waals surface area contributed by atoms with Gasteiger partial charge in [0.1, 0.15) is 5.82 Å². The van der Waals surface area contributed by atoms with E-state index < -0.39 is 0 Å². The van der Waals surface area contributed by atoms with E-state index in [2.05, 4.69) is 35.5 Å². The monoisotopic (exact) mass is 468 g/mol. The zero-order valence-electron chi connectivity index (χ0n) is 20.6. The molecule has 4 N–H and O–H groups in total. The van der Waals surface area contributed by atoms with Crippen LogP contribution in [-0.2, 0) is 11.2 Å². The summed E-state index contributed by atoms with van der Waals surface area (Å²) in [5, 5.41) is 8.26. The predicted octanol–water partition coefficient (Wildman–Crippen LogP) is 5.40. The fourth-order valence-corrected chi connectivity index (χ4v) is 3.54. The van der Waals surface area contributed by atoms with Crippen molar-refractivity contribution in [3.8, 4) is 11.1 Å². The first kappa shape index (κ1) is 25.6. The van der Waals surface area contributed by atoms with Crippen LogP contribution in [0.4, 0.5) is 11.5 Å². The summed E-state index contributed by atoms with van der Waals surface area (Å²) in [5.41, 5.74) is 10.4. The lowest BCUT2D eigenvalue weighted by atomic mass is 10.00. The number of aromatic nitrogens is 1. The number of anilines is 2. The van der Waals surface area contributed by atoms with E-state index in [9.17, 15) is 9.59 Å². The van der Waals surface area contributed by atoms with E-state index in [-0.39, 0.29) is 11.7 Å². The Hall–Kier alpha value is -4.03. The molecule has 0 saturated carbocycles. The highest BCUT2D eigenvalue weighted by Crippen LogP contribution is 2.27. The van der Waals surface area contributed by atoms with Crippen molar-refractivity contribution in [3.05, 3.63) is 89.6 Å². The largest absolute Gasteiger partial charge is 0.383 e. The van der Waals surface area contributed by atoms with Crippen LogP contribution in [0.2, 0.25) is 0 Å². The standard InChI is InChI=1S/C25H21N3O2.C4H11N/c1-16-10-22(8-9-23(16)20-13-21(15-29)25(26)27-14-20)28-24(30)12-17-6-7-18-4-2-3-5-19(18)11-17;1-4(2)5-3/h2-11,13-15H,12H2,1H3,(H2,26,27)(H,28,30);4-5H,1-3H3. The Morgan fingerprint density at radius 1 is 1.03 bits per heavy atom. The number of nitrogens with zero attached hydrogens (tertiary/aromatic N) is 1. The number of nitrogen functional groups attached to an aromatic ring is 1. The van der Waals surface area contributed by atoms with Gasteiger partial charge in [-0.25, -0.2) is 4.98 Å². The van der Waals surface area contributed by atoms with Crippen LogP contribution in [0.1, 0.15) is 35.3 Å². The zero-order chi connectivity index (χ0) is 25.4. The van der Waals surface area contributed by atoms with E-state index in [0.717, 1.165) is 38.7 Å². The molecular formula is C29H32N4O2. The van der Waals surface area contributed by atoms with Crippen molar-refractivity contribution in [1.82, 2.24) is 10.3 Å². The number of nitrogens with one attached hydrogen (secondary N) is 2. The third-order valence-electron chi connectivity index (χ3n) is 5.65. The lowest BCUT2D eigenvalue weighted by Crippen LogP contribution is -2.15. The number of aryl methyl sites for hydroxylation is 1. The van der Waals surface area contributed by atoms with E-state index in [1.807, 2.05) is 68.6 Å². The SMILES string of the molecule is CNC(C)C.Cc1cc(NC(=O)Cc2ccc3ccccc3c2)ccc1-c1cnc(N)c(C=O)c1. The minimum Gasteiger partial charge on any atom is -0.383 e. The molecule has 1 aromatic heterocycles. The van der Waals surface area contributed by atoms with Gasteiger partial charge in [0.05, 0.1) is 12.0 Å². The van der Waals surface area contributed by atoms with Gasteiger partial charge in [-0.15, -0.1) is 0 Å². The van der Waals surface area contributed by atoms with Gasteiger partial charge in [0.25, 0.3) is 0 Å². The molecule has 6 heteroatoms. The summed E-state index contributed by atoms with van der Waals surface area (Å²) in [6, 6.07) is 22.2. The Balaban J connectivity index is 0.000000623. The molecule has 0 spiro atoms. The van der Waals surface area contributed by atoms with Gasteiger partial charge in [0.15, 0.2) is 6.29 Å². The van der Waals surface area contributed by atoms with E-state index >= 15 is 0 Å². The molecule has 35 heavy (non-hydrogen) atoms. The van der Waals surface area contributed by atoms with Crippen molar-refractivity contribution in [2.24, 2.45) is 0 Å². The van der Waals surface area contributed by atoms with Gasteiger partial charge in [-0.05, 0) is 59.6 Å². The fourth-order valence-electron chi connectivity index (χ4n) is 3.54. The second-order valence-electron chi connectivity index (χ2n) is 8.70. The molecule has 0 bridgehead atoms. The molecule has 0 atom stereocenters. The van der Waals surface area contributed by atoms with E-state index in [0.29, 0.717) is 24.3 Å². The quantitative estimate of drug-likeness (QED) is 0.329. The van der Waals surface area contributed by atoms with Crippen LogP contribution in [0, 0.1) is 6.92 Å². The summed E-state index contributed by atoms with van der Waals surface area (Å²) in [6.07, 6.45) is 2.64. The number of hydrogen-bond acceptors (Lipinski definition) is 5. The molecule has 0 aliphatic rings. The van der Waals surface area contributed by atoms with Gasteiger partial charge >= 0.3 is 0 Å². The zero-order valence-corrected chi connectivity index (χ0v) is 20.6. The number of hydrogen-bond donors (Lipinski definition) is 3. The van der Waals surface area contributed by atoms with Crippen molar-refractivity contribution in [3.63, 3.8) is 0 Å². The number of rotatable bonds is 6. The summed E-state index contributed by atoms with van der Waals surface area (Å²) in [6.45, 7) is 6.17. The minimum atomic E-state index is -0.0742. The van der Waals surface area contributed by atoms with Crippen molar-refractivity contribution in [2.75, 3.05) is 18.1 Å². The number of carbonyl (C=O) groups excluding carboxylic acids is 2. The third kappa shape index (κ3) is 6.98. The first-order valence-corrected chi connectivity index (χ1v) is 11.6. The van der Waals surface area contributed by atoms with Gasteiger partial charge in [0.2, 0.25) is 5.91 Å². The Kier molecular flexibility index (Phi) is 8.70. The first-order valence-electron chi connectivity index (χ1n) is 11.6. The van der Waals surface area contributed by atoms with E-state index in [4.69, 9.17) is 5.73 Å². The maximum atomic E-state index is 12.5. The molecule has 0 unspecified atom stereocenters. The molecule has 4 rings (SSSR count). The van der Waals surface area contributed by atoms with Crippen molar-refractivity contribution < 1.29 is 9.59 Å². The maximum absolute atomic E-state index is 12.5. The molecular weight excluding hydrogens is 436 g/mol. The van der Waals surface area contributed by atoms with Crippen LogP contribution in [-0.4, -0.2) is 30.3 Å². The number of amides is 1. The Bertz CT molecular complexity index is 1330. The van der Waals surface area contributed by atoms with Crippen LogP contribution in [0.3, 0.4) is 0 Å². The molecule has 180 valence electrons. The highest BCUT2D eigenvalue weighted by atomic mass is 16.1. The summed E-state index contributed by atoms with van der Waals surface area (Å²) >= 11 is 0. The fraction of sp³-hybridized carbons (Fsp3) is 0.207. The molecule has 0 aliphatic heterocycles. The van der Waals surface area contributed by atoms with Gasteiger partial charge in [0, 0.05) is 23.5 Å². The van der Waals surface area contributed by atoms with Crippen molar-refractivity contribution in [2.45, 2.75) is 33.2 Å². The van der Waals surface area contributed by atoms with Gasteiger partial charge in [-0.2, -0.15) is 0 Å². The predicted molar refractivity (Wildman–Crippen MR) is 145 cm³/mol. The number of benzene rings is 3. The van der Waals surface area contributed by atoms with Crippen LogP contribution in [0.15, 0.2) is 72.9 Å². The summed E-state index contributed by atoms with van der Waals surface area (Å²) in [7, 11) is 1.95. The third-order valence-corrected chi connectivity index (χ3v) is 5.65. The Labute approximate surface area is 206 Å². The number of pyridine rings is 1. The summed E-state index contributed by atoms with van der Waals surface area (Å²) in [4.78, 5) is 27.7. The number of fused-ring (bicyclic) bond motifs is 1. The lowest BCUT2D eigenvalue weighted by Gasteiger charge is -2.11. The normalized spacial score (nSPS) is 10.5. The second-order valence-corrected chi connectivity index (χ2v) is 8.70. The highest BCUT2D eigenvalue weighted by Gasteiger charge is 2.09. The first-order chi connectivity index (χ1) is 16.8. The van der Waals surface area contributed by atoms with E-state index in [1.54, 1.807) is 12.3 Å². The molecule has 3 aromatic carbocycles. The molecule has 0 aliphatic carbocycles. The summed E-state index contributed by atoms with van der Waals surface area (Å²) < 4.78 is 0. The lowest BCUT2D eigenvalue weighted by molar-refractivity contribution is -0.115. The van der Waals surface area contributed by atoms with Crippen LogP contribution >= 0.6 is 0 Å². The molecule has 0 saturated heterocycles. The average Bonchev–Trinajstić information content (AvgIpc) is 2.85. The molecule has 1 heterocycles. The molecule has 0 radical (unpaired) electrons. The van der Waals surface area contributed by atoms with Crippen molar-refractivity contribution >= 4 is 34.5 Å². The highest BCUT2D eigenvalue weighted by molar-refractivity contribution is 5.94. The van der Waals surface area contributed by atoms with Gasteiger partial charge < -0.3 is 16.4 Å². The molecule has 0 fully saturated rings. The average molecular weight is 469 g/mol. The van der Waals surface area contributed by atoms with Crippen LogP contribution in [0.25, 0.3) is 21.9 Å². The number of nitrogens with two attached hydrogens (primary N) is 1. The number of carbonyl (C=O) groups is 2. The molecule has 1 amide bonds. The Morgan fingerprint density at radius 3 is 2.40 bits per heavy atom. The number of aldehydes is 1. The van der Waals surface area contributed by atoms with Crippen molar-refractivity contribution in [1.29, 1.82) is 0 Å².